The molecular formula is C15H20F2N2. The largest absolute Gasteiger partial charge is 0.367 e. The zero-order valence-electron chi connectivity index (χ0n) is 11.3. The number of nitrogens with one attached hydrogen (secondary N) is 1. The third-order valence-electron chi connectivity index (χ3n) is 4.38. The van der Waals surface area contributed by atoms with Crippen LogP contribution in [0.1, 0.15) is 26.2 Å². The average Bonchev–Trinajstić information content (AvgIpc) is 3.16. The van der Waals surface area contributed by atoms with Crippen LogP contribution in [0.3, 0.4) is 0 Å². The Labute approximate surface area is 112 Å². The summed E-state index contributed by atoms with van der Waals surface area (Å²) in [7, 11) is 0. The summed E-state index contributed by atoms with van der Waals surface area (Å²) >= 11 is 0. The SMILES string of the molecule is CC1(C2CC2)CN(c2ccc(F)cc2F)CCCN1. The van der Waals surface area contributed by atoms with Crippen molar-refractivity contribution in [1.29, 1.82) is 0 Å². The molecule has 0 amide bonds. The van der Waals surface area contributed by atoms with Gasteiger partial charge < -0.3 is 10.2 Å². The van der Waals surface area contributed by atoms with Gasteiger partial charge in [0.1, 0.15) is 11.6 Å². The Morgan fingerprint density at radius 2 is 2.11 bits per heavy atom. The van der Waals surface area contributed by atoms with E-state index in [0.717, 1.165) is 32.1 Å². The smallest absolute Gasteiger partial charge is 0.149 e. The van der Waals surface area contributed by atoms with E-state index >= 15 is 0 Å². The van der Waals surface area contributed by atoms with E-state index in [1.165, 1.54) is 18.9 Å². The Balaban J connectivity index is 1.86. The zero-order valence-corrected chi connectivity index (χ0v) is 11.3. The summed E-state index contributed by atoms with van der Waals surface area (Å²) in [6, 6.07) is 3.87. The fourth-order valence-electron chi connectivity index (χ4n) is 3.11. The highest BCUT2D eigenvalue weighted by Gasteiger charge is 2.43. The van der Waals surface area contributed by atoms with Gasteiger partial charge in [0.05, 0.1) is 5.69 Å². The molecule has 1 aromatic carbocycles. The van der Waals surface area contributed by atoms with Gasteiger partial charge >= 0.3 is 0 Å². The Bertz CT molecular complexity index is 473. The van der Waals surface area contributed by atoms with Crippen LogP contribution in [0.4, 0.5) is 14.5 Å². The summed E-state index contributed by atoms with van der Waals surface area (Å²) in [5.41, 5.74) is 0.578. The highest BCUT2D eigenvalue weighted by Crippen LogP contribution is 2.41. The molecular weight excluding hydrogens is 246 g/mol. The minimum absolute atomic E-state index is 0.0529. The Hall–Kier alpha value is -1.16. The highest BCUT2D eigenvalue weighted by molar-refractivity contribution is 5.48. The maximum Gasteiger partial charge on any atom is 0.149 e. The van der Waals surface area contributed by atoms with Gasteiger partial charge in [0, 0.05) is 24.7 Å². The second kappa shape index (κ2) is 4.75. The van der Waals surface area contributed by atoms with Crippen molar-refractivity contribution in [3.8, 4) is 0 Å². The summed E-state index contributed by atoms with van der Waals surface area (Å²) in [5, 5.41) is 3.61. The summed E-state index contributed by atoms with van der Waals surface area (Å²) < 4.78 is 26.9. The molecule has 0 radical (unpaired) electrons. The van der Waals surface area contributed by atoms with E-state index < -0.39 is 11.6 Å². The van der Waals surface area contributed by atoms with Gasteiger partial charge in [-0.05, 0) is 50.8 Å². The molecule has 4 heteroatoms. The van der Waals surface area contributed by atoms with Gasteiger partial charge in [0.25, 0.3) is 0 Å². The van der Waals surface area contributed by atoms with Crippen molar-refractivity contribution in [3.05, 3.63) is 29.8 Å². The number of rotatable bonds is 2. The molecule has 0 bridgehead atoms. The van der Waals surface area contributed by atoms with Gasteiger partial charge in [-0.3, -0.25) is 0 Å². The van der Waals surface area contributed by atoms with E-state index in [0.29, 0.717) is 11.6 Å². The molecule has 104 valence electrons. The van der Waals surface area contributed by atoms with Crippen LogP contribution < -0.4 is 10.2 Å². The molecule has 2 fully saturated rings. The lowest BCUT2D eigenvalue weighted by Gasteiger charge is -2.35. The number of hydrogen-bond acceptors (Lipinski definition) is 2. The molecule has 1 saturated heterocycles. The maximum atomic E-state index is 13.9. The number of anilines is 1. The molecule has 1 aliphatic heterocycles. The molecule has 3 rings (SSSR count). The first kappa shape index (κ1) is 12.9. The molecule has 2 nitrogen and oxygen atoms in total. The number of halogens is 2. The first-order chi connectivity index (χ1) is 9.08. The molecule has 2 aliphatic rings. The molecule has 19 heavy (non-hydrogen) atoms. The lowest BCUT2D eigenvalue weighted by molar-refractivity contribution is 0.331. The van der Waals surface area contributed by atoms with E-state index in [1.807, 2.05) is 0 Å². The van der Waals surface area contributed by atoms with E-state index in [4.69, 9.17) is 0 Å². The van der Waals surface area contributed by atoms with Crippen molar-refractivity contribution in [2.45, 2.75) is 31.7 Å². The van der Waals surface area contributed by atoms with Crippen LogP contribution in [0, 0.1) is 17.6 Å². The van der Waals surface area contributed by atoms with Gasteiger partial charge in [0.2, 0.25) is 0 Å². The first-order valence-electron chi connectivity index (χ1n) is 7.03. The van der Waals surface area contributed by atoms with Crippen LogP contribution in [0.15, 0.2) is 18.2 Å². The molecule has 1 N–H and O–H groups in total. The molecule has 1 atom stereocenters. The Kier molecular flexibility index (Phi) is 3.21. The van der Waals surface area contributed by atoms with E-state index in [-0.39, 0.29) is 5.54 Å². The van der Waals surface area contributed by atoms with E-state index in [2.05, 4.69) is 17.1 Å². The minimum Gasteiger partial charge on any atom is -0.367 e. The average molecular weight is 266 g/mol. The molecule has 1 aromatic rings. The molecule has 1 saturated carbocycles. The fourth-order valence-corrected chi connectivity index (χ4v) is 3.11. The second-order valence-corrected chi connectivity index (χ2v) is 5.99. The van der Waals surface area contributed by atoms with Crippen LogP contribution in [-0.4, -0.2) is 25.2 Å². The lowest BCUT2D eigenvalue weighted by atomic mass is 9.95. The van der Waals surface area contributed by atoms with Gasteiger partial charge in [-0.1, -0.05) is 0 Å². The van der Waals surface area contributed by atoms with Crippen LogP contribution in [0.2, 0.25) is 0 Å². The van der Waals surface area contributed by atoms with Crippen molar-refractivity contribution >= 4 is 5.69 Å². The van der Waals surface area contributed by atoms with Gasteiger partial charge in [-0.15, -0.1) is 0 Å². The third-order valence-corrected chi connectivity index (χ3v) is 4.38. The van der Waals surface area contributed by atoms with Gasteiger partial charge in [0.15, 0.2) is 0 Å². The number of hydrogen-bond donors (Lipinski definition) is 1. The monoisotopic (exact) mass is 266 g/mol. The van der Waals surface area contributed by atoms with Crippen molar-refractivity contribution in [2.75, 3.05) is 24.5 Å². The normalized spacial score (nSPS) is 28.3. The van der Waals surface area contributed by atoms with Gasteiger partial charge in [-0.25, -0.2) is 8.78 Å². The molecule has 1 aliphatic carbocycles. The van der Waals surface area contributed by atoms with Crippen molar-refractivity contribution < 1.29 is 8.78 Å². The minimum atomic E-state index is -0.515. The van der Waals surface area contributed by atoms with Crippen LogP contribution >= 0.6 is 0 Å². The van der Waals surface area contributed by atoms with Crippen LogP contribution in [-0.2, 0) is 0 Å². The summed E-state index contributed by atoms with van der Waals surface area (Å²) in [6.45, 7) is 4.80. The topological polar surface area (TPSA) is 15.3 Å². The van der Waals surface area contributed by atoms with Crippen molar-refractivity contribution in [1.82, 2.24) is 5.32 Å². The van der Waals surface area contributed by atoms with E-state index in [1.54, 1.807) is 6.07 Å². The van der Waals surface area contributed by atoms with Crippen LogP contribution in [0.25, 0.3) is 0 Å². The standard InChI is InChI=1S/C15H20F2N2/c1-15(11-3-4-11)10-19(8-2-7-18-15)14-6-5-12(16)9-13(14)17/h5-6,9,11,18H,2-4,7-8,10H2,1H3. The fraction of sp³-hybridized carbons (Fsp3) is 0.600. The predicted molar refractivity (Wildman–Crippen MR) is 72.3 cm³/mol. The van der Waals surface area contributed by atoms with Gasteiger partial charge in [-0.2, -0.15) is 0 Å². The third kappa shape index (κ3) is 2.59. The summed E-state index contributed by atoms with van der Waals surface area (Å²) in [5.74, 6) is -0.282. The lowest BCUT2D eigenvalue weighted by Crippen LogP contribution is -2.51. The molecule has 1 heterocycles. The summed E-state index contributed by atoms with van der Waals surface area (Å²) in [4.78, 5) is 2.06. The Morgan fingerprint density at radius 1 is 1.32 bits per heavy atom. The first-order valence-corrected chi connectivity index (χ1v) is 7.03. The molecule has 1 unspecified atom stereocenters. The Morgan fingerprint density at radius 3 is 2.79 bits per heavy atom. The number of benzene rings is 1. The van der Waals surface area contributed by atoms with Crippen molar-refractivity contribution in [2.24, 2.45) is 5.92 Å². The predicted octanol–water partition coefficient (Wildman–Crippen LogP) is 2.93. The number of nitrogens with zero attached hydrogens (tertiary/aromatic N) is 1. The summed E-state index contributed by atoms with van der Waals surface area (Å²) in [6.07, 6.45) is 3.49. The quantitative estimate of drug-likeness (QED) is 0.885. The molecule has 0 aromatic heterocycles. The zero-order chi connectivity index (χ0) is 13.5. The molecule has 0 spiro atoms. The maximum absolute atomic E-state index is 13.9. The van der Waals surface area contributed by atoms with E-state index in [9.17, 15) is 8.78 Å². The van der Waals surface area contributed by atoms with Crippen molar-refractivity contribution in [3.63, 3.8) is 0 Å². The van der Waals surface area contributed by atoms with Crippen LogP contribution in [0.5, 0.6) is 0 Å². The highest BCUT2D eigenvalue weighted by atomic mass is 19.1. The second-order valence-electron chi connectivity index (χ2n) is 5.99.